The predicted octanol–water partition coefficient (Wildman–Crippen LogP) is 2.63. The molecule has 2 rings (SSSR count). The fourth-order valence-corrected chi connectivity index (χ4v) is 1.94. The molecule has 1 saturated heterocycles. The number of nitrogens with zero attached hydrogens (tertiary/aromatic N) is 1. The van der Waals surface area contributed by atoms with Crippen LogP contribution in [0.4, 0.5) is 4.39 Å². The van der Waals surface area contributed by atoms with Crippen LogP contribution >= 0.6 is 0 Å². The molecule has 1 fully saturated rings. The van der Waals surface area contributed by atoms with Gasteiger partial charge in [0.15, 0.2) is 0 Å². The average Bonchev–Trinajstić information content (AvgIpc) is 2.05. The Balaban J connectivity index is 2.03. The Hall–Kier alpha value is -0.890. The second-order valence-corrected chi connectivity index (χ2v) is 4.27. The van der Waals surface area contributed by atoms with Gasteiger partial charge >= 0.3 is 0 Å². The van der Waals surface area contributed by atoms with E-state index >= 15 is 0 Å². The minimum Gasteiger partial charge on any atom is -0.300 e. The van der Waals surface area contributed by atoms with Crippen LogP contribution < -0.4 is 0 Å². The molecule has 0 atom stereocenters. The van der Waals surface area contributed by atoms with Crippen LogP contribution in [0.5, 0.6) is 0 Å². The minimum atomic E-state index is -0.0547. The molecule has 1 aromatic carbocycles. The third kappa shape index (κ3) is 1.67. The highest BCUT2D eigenvalue weighted by Crippen LogP contribution is 2.29. The summed E-state index contributed by atoms with van der Waals surface area (Å²) >= 11 is 0. The Bertz CT molecular complexity index is 316. The predicted molar refractivity (Wildman–Crippen MR) is 55.9 cm³/mol. The summed E-state index contributed by atoms with van der Waals surface area (Å²) in [5.74, 6) is 0.347. The number of rotatable bonds is 2. The van der Waals surface area contributed by atoms with E-state index in [1.54, 1.807) is 12.1 Å². The second kappa shape index (κ2) is 3.70. The largest absolute Gasteiger partial charge is 0.300 e. The number of hydrogen-bond acceptors (Lipinski definition) is 1. The second-order valence-electron chi connectivity index (χ2n) is 4.27. The third-order valence-corrected chi connectivity index (χ3v) is 2.99. The van der Waals surface area contributed by atoms with Gasteiger partial charge in [0, 0.05) is 25.0 Å². The number of likely N-dealkylation sites (tertiary alicyclic amines) is 1. The van der Waals surface area contributed by atoms with Crippen molar-refractivity contribution in [1.29, 1.82) is 0 Å². The summed E-state index contributed by atoms with van der Waals surface area (Å²) in [5, 5.41) is 0. The zero-order valence-corrected chi connectivity index (χ0v) is 8.70. The Morgan fingerprint density at radius 2 is 1.93 bits per heavy atom. The van der Waals surface area contributed by atoms with E-state index in [4.69, 9.17) is 0 Å². The fraction of sp³-hybridized carbons (Fsp3) is 0.500. The van der Waals surface area contributed by atoms with Gasteiger partial charge in [-0.05, 0) is 25.5 Å². The summed E-state index contributed by atoms with van der Waals surface area (Å²) in [6.07, 6.45) is 0. The third-order valence-electron chi connectivity index (χ3n) is 2.99. The fourth-order valence-electron chi connectivity index (χ4n) is 1.94. The Labute approximate surface area is 84.5 Å². The normalized spacial score (nSPS) is 18.6. The van der Waals surface area contributed by atoms with E-state index in [9.17, 15) is 4.39 Å². The van der Waals surface area contributed by atoms with Gasteiger partial charge in [-0.2, -0.15) is 0 Å². The van der Waals surface area contributed by atoms with Gasteiger partial charge in [-0.15, -0.1) is 0 Å². The highest BCUT2D eigenvalue weighted by atomic mass is 19.1. The molecule has 14 heavy (non-hydrogen) atoms. The quantitative estimate of drug-likeness (QED) is 0.698. The van der Waals surface area contributed by atoms with Crippen LogP contribution in [-0.2, 0) is 0 Å². The van der Waals surface area contributed by atoms with Crippen LogP contribution in [0.15, 0.2) is 24.3 Å². The molecule has 0 spiro atoms. The van der Waals surface area contributed by atoms with E-state index in [1.807, 2.05) is 12.1 Å². The van der Waals surface area contributed by atoms with Crippen LogP contribution in [0.25, 0.3) is 0 Å². The molecule has 2 heteroatoms. The first-order valence-electron chi connectivity index (χ1n) is 5.17. The summed E-state index contributed by atoms with van der Waals surface area (Å²) in [6, 6.07) is 7.69. The van der Waals surface area contributed by atoms with Gasteiger partial charge in [0.25, 0.3) is 0 Å². The Kier molecular flexibility index (Phi) is 2.55. The molecular formula is C12H16FN. The first-order chi connectivity index (χ1) is 6.68. The summed E-state index contributed by atoms with van der Waals surface area (Å²) in [5.41, 5.74) is 0.879. The van der Waals surface area contributed by atoms with E-state index in [2.05, 4.69) is 18.7 Å². The molecule has 1 aliphatic heterocycles. The van der Waals surface area contributed by atoms with Crippen molar-refractivity contribution in [2.75, 3.05) is 13.1 Å². The first-order valence-corrected chi connectivity index (χ1v) is 5.17. The number of benzene rings is 1. The van der Waals surface area contributed by atoms with E-state index in [1.165, 1.54) is 0 Å². The molecule has 0 amide bonds. The van der Waals surface area contributed by atoms with Crippen molar-refractivity contribution < 1.29 is 4.39 Å². The lowest BCUT2D eigenvalue weighted by Gasteiger charge is -2.42. The zero-order valence-electron chi connectivity index (χ0n) is 8.70. The molecule has 0 unspecified atom stereocenters. The van der Waals surface area contributed by atoms with Gasteiger partial charge in [0.05, 0.1) is 0 Å². The van der Waals surface area contributed by atoms with E-state index < -0.39 is 0 Å². The van der Waals surface area contributed by atoms with Crippen LogP contribution in [0.1, 0.15) is 25.3 Å². The standard InChI is InChI=1S/C12H16FN/c1-9(2)14-7-10(8-14)11-5-3-4-6-12(11)13/h3-6,9-10H,7-8H2,1-2H3. The molecule has 0 radical (unpaired) electrons. The lowest BCUT2D eigenvalue weighted by Crippen LogP contribution is -2.48. The lowest BCUT2D eigenvalue weighted by atomic mass is 9.90. The van der Waals surface area contributed by atoms with Crippen molar-refractivity contribution in [3.05, 3.63) is 35.6 Å². The first kappa shape index (κ1) is 9.66. The van der Waals surface area contributed by atoms with Crippen molar-refractivity contribution in [1.82, 2.24) is 4.90 Å². The van der Waals surface area contributed by atoms with Gasteiger partial charge < -0.3 is 0 Å². The maximum atomic E-state index is 13.4. The molecule has 1 aromatic rings. The Morgan fingerprint density at radius 1 is 1.29 bits per heavy atom. The summed E-state index contributed by atoms with van der Waals surface area (Å²) in [7, 11) is 0. The molecule has 1 aliphatic rings. The van der Waals surface area contributed by atoms with Crippen LogP contribution in [-0.4, -0.2) is 24.0 Å². The molecule has 0 aliphatic carbocycles. The van der Waals surface area contributed by atoms with Crippen molar-refractivity contribution in [3.63, 3.8) is 0 Å². The summed E-state index contributed by atoms with van der Waals surface area (Å²) in [6.45, 7) is 6.35. The molecule has 0 bridgehead atoms. The zero-order chi connectivity index (χ0) is 10.1. The molecule has 0 N–H and O–H groups in total. The van der Waals surface area contributed by atoms with E-state index in [0.29, 0.717) is 12.0 Å². The van der Waals surface area contributed by atoms with Gasteiger partial charge in [-0.3, -0.25) is 4.90 Å². The van der Waals surface area contributed by atoms with Crippen molar-refractivity contribution >= 4 is 0 Å². The minimum absolute atomic E-state index is 0.0547. The lowest BCUT2D eigenvalue weighted by molar-refractivity contribution is 0.108. The van der Waals surface area contributed by atoms with E-state index in [0.717, 1.165) is 18.7 Å². The highest BCUT2D eigenvalue weighted by molar-refractivity contribution is 5.24. The summed E-state index contributed by atoms with van der Waals surface area (Å²) < 4.78 is 13.4. The SMILES string of the molecule is CC(C)N1CC(c2ccccc2F)C1. The number of hydrogen-bond donors (Lipinski definition) is 0. The summed E-state index contributed by atoms with van der Waals surface area (Å²) in [4.78, 5) is 2.36. The van der Waals surface area contributed by atoms with Crippen LogP contribution in [0.2, 0.25) is 0 Å². The smallest absolute Gasteiger partial charge is 0.126 e. The molecule has 76 valence electrons. The van der Waals surface area contributed by atoms with Crippen molar-refractivity contribution in [3.8, 4) is 0 Å². The highest BCUT2D eigenvalue weighted by Gasteiger charge is 2.30. The van der Waals surface area contributed by atoms with Gasteiger partial charge in [-0.1, -0.05) is 18.2 Å². The van der Waals surface area contributed by atoms with Gasteiger partial charge in [0.2, 0.25) is 0 Å². The van der Waals surface area contributed by atoms with Crippen LogP contribution in [0, 0.1) is 5.82 Å². The molecule has 0 aromatic heterocycles. The van der Waals surface area contributed by atoms with Crippen molar-refractivity contribution in [2.24, 2.45) is 0 Å². The molecule has 1 nitrogen and oxygen atoms in total. The van der Waals surface area contributed by atoms with E-state index in [-0.39, 0.29) is 5.82 Å². The van der Waals surface area contributed by atoms with Gasteiger partial charge in [0.1, 0.15) is 5.82 Å². The van der Waals surface area contributed by atoms with Gasteiger partial charge in [-0.25, -0.2) is 4.39 Å². The maximum Gasteiger partial charge on any atom is 0.126 e. The molecular weight excluding hydrogens is 177 g/mol. The molecule has 1 heterocycles. The maximum absolute atomic E-state index is 13.4. The number of halogens is 1. The van der Waals surface area contributed by atoms with Crippen LogP contribution in [0.3, 0.4) is 0 Å². The Morgan fingerprint density at radius 3 is 2.50 bits per heavy atom. The van der Waals surface area contributed by atoms with Crippen molar-refractivity contribution in [2.45, 2.75) is 25.8 Å². The monoisotopic (exact) mass is 193 g/mol. The average molecular weight is 193 g/mol. The molecule has 0 saturated carbocycles. The topological polar surface area (TPSA) is 3.24 Å².